The Balaban J connectivity index is 1.93. The second kappa shape index (κ2) is 2.76. The monoisotopic (exact) mass is 154 g/mol. The number of hydrogen-bond donors (Lipinski definition) is 2. The molecule has 0 radical (unpaired) electrons. The van der Waals surface area contributed by atoms with Gasteiger partial charge in [0, 0.05) is 24.7 Å². The summed E-state index contributed by atoms with van der Waals surface area (Å²) < 4.78 is 0. The van der Waals surface area contributed by atoms with Crippen LogP contribution in [-0.2, 0) is 0 Å². The Bertz CT molecular complexity index is 140. The fraction of sp³-hybridized carbons (Fsp3) is 1.00. The van der Waals surface area contributed by atoms with Crippen LogP contribution in [0.1, 0.15) is 26.7 Å². The molecule has 64 valence electrons. The van der Waals surface area contributed by atoms with E-state index in [9.17, 15) is 0 Å². The smallest absolute Gasteiger partial charge is 0.0209 e. The highest BCUT2D eigenvalue weighted by Gasteiger charge is 2.32. The minimum Gasteiger partial charge on any atom is -0.312 e. The second-order valence-electron chi connectivity index (χ2n) is 4.21. The molecule has 11 heavy (non-hydrogen) atoms. The third kappa shape index (κ3) is 1.42. The van der Waals surface area contributed by atoms with E-state index >= 15 is 0 Å². The van der Waals surface area contributed by atoms with Crippen molar-refractivity contribution < 1.29 is 0 Å². The molecule has 2 bridgehead atoms. The molecule has 3 rings (SSSR count). The van der Waals surface area contributed by atoms with Crippen LogP contribution in [0.3, 0.4) is 0 Å². The van der Waals surface area contributed by atoms with Crippen molar-refractivity contribution in [3.8, 4) is 0 Å². The van der Waals surface area contributed by atoms with Crippen molar-refractivity contribution in [1.82, 2.24) is 10.6 Å². The van der Waals surface area contributed by atoms with Gasteiger partial charge in [0.1, 0.15) is 0 Å². The quantitative estimate of drug-likeness (QED) is 0.537. The Morgan fingerprint density at radius 1 is 1.09 bits per heavy atom. The molecule has 3 fully saturated rings. The lowest BCUT2D eigenvalue weighted by molar-refractivity contribution is 0.171. The number of nitrogens with one attached hydrogen (secondary N) is 2. The van der Waals surface area contributed by atoms with Gasteiger partial charge in [0.05, 0.1) is 0 Å². The van der Waals surface area contributed by atoms with Gasteiger partial charge in [-0.05, 0) is 25.7 Å². The fourth-order valence-corrected chi connectivity index (χ4v) is 2.14. The highest BCUT2D eigenvalue weighted by molar-refractivity contribution is 4.94. The highest BCUT2D eigenvalue weighted by Crippen LogP contribution is 2.23. The standard InChI is InChI=1S/C9H18N2/c1-6-3-8-4-9(11-8)5-10-7(6)2/h6-11H,3-5H2,1-2H3. The van der Waals surface area contributed by atoms with E-state index in [0.717, 1.165) is 18.0 Å². The molecule has 4 unspecified atom stereocenters. The SMILES string of the molecule is CC1CC2CC(CNC1C)N2. The first kappa shape index (κ1) is 7.56. The summed E-state index contributed by atoms with van der Waals surface area (Å²) in [4.78, 5) is 0. The summed E-state index contributed by atoms with van der Waals surface area (Å²) in [5, 5.41) is 7.13. The Kier molecular flexibility index (Phi) is 1.90. The van der Waals surface area contributed by atoms with Crippen molar-refractivity contribution in [2.45, 2.75) is 44.8 Å². The normalized spacial score (nSPS) is 50.7. The van der Waals surface area contributed by atoms with Crippen LogP contribution in [0.25, 0.3) is 0 Å². The van der Waals surface area contributed by atoms with Crippen molar-refractivity contribution in [3.63, 3.8) is 0 Å². The molecule has 0 aromatic rings. The van der Waals surface area contributed by atoms with E-state index in [1.54, 1.807) is 0 Å². The molecule has 0 aliphatic carbocycles. The molecule has 0 aromatic carbocycles. The Morgan fingerprint density at radius 3 is 2.55 bits per heavy atom. The van der Waals surface area contributed by atoms with Crippen molar-refractivity contribution in [2.75, 3.05) is 6.54 Å². The first-order valence-corrected chi connectivity index (χ1v) is 4.75. The summed E-state index contributed by atoms with van der Waals surface area (Å²) in [6.07, 6.45) is 2.74. The van der Waals surface area contributed by atoms with Crippen molar-refractivity contribution >= 4 is 0 Å². The maximum atomic E-state index is 3.57. The van der Waals surface area contributed by atoms with Gasteiger partial charge in [0.15, 0.2) is 0 Å². The van der Waals surface area contributed by atoms with Gasteiger partial charge in [-0.2, -0.15) is 0 Å². The van der Waals surface area contributed by atoms with Gasteiger partial charge in [-0.3, -0.25) is 0 Å². The third-order valence-corrected chi connectivity index (χ3v) is 3.24. The van der Waals surface area contributed by atoms with Crippen LogP contribution < -0.4 is 10.6 Å². The molecular formula is C9H18N2. The minimum atomic E-state index is 0.711. The first-order valence-electron chi connectivity index (χ1n) is 4.75. The third-order valence-electron chi connectivity index (χ3n) is 3.24. The van der Waals surface area contributed by atoms with Crippen LogP contribution in [0.2, 0.25) is 0 Å². The molecule has 0 spiro atoms. The average molecular weight is 154 g/mol. The van der Waals surface area contributed by atoms with Crippen molar-refractivity contribution in [3.05, 3.63) is 0 Å². The predicted octanol–water partition coefficient (Wildman–Crippen LogP) is 0.735. The first-order chi connectivity index (χ1) is 5.25. The topological polar surface area (TPSA) is 24.1 Å². The van der Waals surface area contributed by atoms with E-state index in [0.29, 0.717) is 6.04 Å². The van der Waals surface area contributed by atoms with Crippen LogP contribution in [0, 0.1) is 5.92 Å². The van der Waals surface area contributed by atoms with Gasteiger partial charge < -0.3 is 10.6 Å². The summed E-state index contributed by atoms with van der Waals surface area (Å²) in [6, 6.07) is 2.32. The van der Waals surface area contributed by atoms with Gasteiger partial charge >= 0.3 is 0 Å². The summed E-state index contributed by atoms with van der Waals surface area (Å²) in [7, 11) is 0. The maximum Gasteiger partial charge on any atom is 0.0209 e. The molecular weight excluding hydrogens is 136 g/mol. The molecule has 0 saturated carbocycles. The number of rotatable bonds is 0. The Hall–Kier alpha value is -0.0800. The van der Waals surface area contributed by atoms with E-state index < -0.39 is 0 Å². The zero-order valence-electron chi connectivity index (χ0n) is 7.43. The zero-order valence-corrected chi connectivity index (χ0v) is 7.43. The van der Waals surface area contributed by atoms with Gasteiger partial charge in [-0.1, -0.05) is 6.92 Å². The molecule has 3 saturated heterocycles. The van der Waals surface area contributed by atoms with E-state index in [1.807, 2.05) is 0 Å². The lowest BCUT2D eigenvalue weighted by atomic mass is 9.84. The summed E-state index contributed by atoms with van der Waals surface area (Å²) in [5.41, 5.74) is 0. The molecule has 4 atom stereocenters. The second-order valence-corrected chi connectivity index (χ2v) is 4.21. The van der Waals surface area contributed by atoms with Gasteiger partial charge in [-0.25, -0.2) is 0 Å². The molecule has 0 aromatic heterocycles. The van der Waals surface area contributed by atoms with Crippen LogP contribution in [-0.4, -0.2) is 24.7 Å². The fourth-order valence-electron chi connectivity index (χ4n) is 2.14. The molecule has 2 nitrogen and oxygen atoms in total. The summed E-state index contributed by atoms with van der Waals surface area (Å²) in [5.74, 6) is 0.828. The molecule has 3 aliphatic rings. The van der Waals surface area contributed by atoms with Gasteiger partial charge in [-0.15, -0.1) is 0 Å². The van der Waals surface area contributed by atoms with E-state index in [-0.39, 0.29) is 0 Å². The molecule has 3 aliphatic heterocycles. The zero-order chi connectivity index (χ0) is 7.84. The van der Waals surface area contributed by atoms with Crippen LogP contribution in [0.4, 0.5) is 0 Å². The largest absolute Gasteiger partial charge is 0.312 e. The summed E-state index contributed by atoms with van der Waals surface area (Å²) >= 11 is 0. The molecule has 2 N–H and O–H groups in total. The molecule has 3 heterocycles. The maximum absolute atomic E-state index is 3.57. The van der Waals surface area contributed by atoms with Gasteiger partial charge in [0.25, 0.3) is 0 Å². The highest BCUT2D eigenvalue weighted by atomic mass is 15.1. The van der Waals surface area contributed by atoms with Crippen molar-refractivity contribution in [2.24, 2.45) is 5.92 Å². The van der Waals surface area contributed by atoms with E-state index in [4.69, 9.17) is 0 Å². The van der Waals surface area contributed by atoms with E-state index in [2.05, 4.69) is 24.5 Å². The predicted molar refractivity (Wildman–Crippen MR) is 46.6 cm³/mol. The Labute approximate surface area is 68.7 Å². The van der Waals surface area contributed by atoms with Crippen LogP contribution >= 0.6 is 0 Å². The minimum absolute atomic E-state index is 0.711. The van der Waals surface area contributed by atoms with Crippen LogP contribution in [0.15, 0.2) is 0 Å². The molecule has 2 heteroatoms. The number of hydrogen-bond acceptors (Lipinski definition) is 2. The summed E-state index contributed by atoms with van der Waals surface area (Å²) in [6.45, 7) is 5.81. The van der Waals surface area contributed by atoms with Crippen LogP contribution in [0.5, 0.6) is 0 Å². The Morgan fingerprint density at radius 2 is 1.82 bits per heavy atom. The number of fused-ring (bicyclic) bond motifs is 4. The molecule has 0 amide bonds. The van der Waals surface area contributed by atoms with Crippen molar-refractivity contribution in [1.29, 1.82) is 0 Å². The lowest BCUT2D eigenvalue weighted by Gasteiger charge is -2.43. The van der Waals surface area contributed by atoms with Gasteiger partial charge in [0.2, 0.25) is 0 Å². The average Bonchev–Trinajstić information content (AvgIpc) is 1.89. The van der Waals surface area contributed by atoms with E-state index in [1.165, 1.54) is 19.4 Å². The lowest BCUT2D eigenvalue weighted by Crippen LogP contribution is -2.61.